The molecule has 0 saturated carbocycles. The van der Waals surface area contributed by atoms with Gasteiger partial charge in [-0.3, -0.25) is 14.5 Å². The van der Waals surface area contributed by atoms with Gasteiger partial charge in [0.05, 0.1) is 11.5 Å². The van der Waals surface area contributed by atoms with E-state index in [1.165, 1.54) is 11.8 Å². The van der Waals surface area contributed by atoms with Gasteiger partial charge in [-0.05, 0) is 37.3 Å². The van der Waals surface area contributed by atoms with Gasteiger partial charge >= 0.3 is 0 Å². The summed E-state index contributed by atoms with van der Waals surface area (Å²) >= 11 is 8.28. The van der Waals surface area contributed by atoms with Crippen LogP contribution in [0.3, 0.4) is 0 Å². The molecule has 2 heterocycles. The Bertz CT molecular complexity index is 659. The van der Waals surface area contributed by atoms with Crippen molar-refractivity contribution in [3.8, 4) is 0 Å². The molecule has 0 atom stereocenters. The quantitative estimate of drug-likeness (QED) is 0.363. The number of aliphatic hydroxyl groups excluding tert-OH is 1. The van der Waals surface area contributed by atoms with Crippen molar-refractivity contribution in [1.29, 1.82) is 0 Å². The number of carbonyl (C=O) groups is 2. The first-order valence-corrected chi connectivity index (χ1v) is 10.8. The fourth-order valence-electron chi connectivity index (χ4n) is 2.66. The minimum absolute atomic E-state index is 0.00686. The van der Waals surface area contributed by atoms with Crippen molar-refractivity contribution in [3.63, 3.8) is 0 Å². The zero-order valence-electron chi connectivity index (χ0n) is 14.8. The zero-order valence-corrected chi connectivity index (χ0v) is 17.3. The Morgan fingerprint density at radius 2 is 2.19 bits per heavy atom. The fourth-order valence-corrected chi connectivity index (χ4v) is 4.69. The molecule has 0 bridgehead atoms. The highest BCUT2D eigenvalue weighted by atomic mass is 32.2. The van der Waals surface area contributed by atoms with Gasteiger partial charge in [-0.1, -0.05) is 36.5 Å². The van der Waals surface area contributed by atoms with Crippen LogP contribution in [0.25, 0.3) is 6.08 Å². The number of amides is 2. The van der Waals surface area contributed by atoms with Gasteiger partial charge in [-0.25, -0.2) is 0 Å². The maximum atomic E-state index is 12.5. The van der Waals surface area contributed by atoms with Crippen molar-refractivity contribution in [2.45, 2.75) is 32.6 Å². The normalized spacial score (nSPS) is 15.9. The van der Waals surface area contributed by atoms with Crippen LogP contribution in [0.4, 0.5) is 0 Å². The number of thiophene rings is 1. The van der Waals surface area contributed by atoms with E-state index in [2.05, 4.69) is 0 Å². The predicted octanol–water partition coefficient (Wildman–Crippen LogP) is 3.35. The van der Waals surface area contributed by atoms with E-state index in [1.807, 2.05) is 30.5 Å². The first-order chi connectivity index (χ1) is 12.6. The summed E-state index contributed by atoms with van der Waals surface area (Å²) in [7, 11) is 0. The van der Waals surface area contributed by atoms with Crippen LogP contribution in [-0.2, 0) is 9.59 Å². The molecule has 0 aliphatic carbocycles. The van der Waals surface area contributed by atoms with E-state index >= 15 is 0 Å². The maximum Gasteiger partial charge on any atom is 0.266 e. The number of nitrogens with zero attached hydrogens (tertiary/aromatic N) is 2. The third-order valence-corrected chi connectivity index (χ3v) is 6.26. The number of hydrogen-bond donors (Lipinski definition) is 1. The van der Waals surface area contributed by atoms with Crippen molar-refractivity contribution in [3.05, 3.63) is 27.3 Å². The molecule has 1 aromatic heterocycles. The third kappa shape index (κ3) is 5.90. The molecule has 0 spiro atoms. The number of rotatable bonds is 10. The van der Waals surface area contributed by atoms with Crippen LogP contribution in [0.5, 0.6) is 0 Å². The van der Waals surface area contributed by atoms with E-state index in [-0.39, 0.29) is 18.4 Å². The summed E-state index contributed by atoms with van der Waals surface area (Å²) in [6.45, 7) is 3.50. The summed E-state index contributed by atoms with van der Waals surface area (Å²) in [4.78, 5) is 29.5. The Balaban J connectivity index is 1.73. The summed E-state index contributed by atoms with van der Waals surface area (Å²) in [6, 6.07) is 3.93. The van der Waals surface area contributed by atoms with Crippen LogP contribution in [0.1, 0.15) is 37.5 Å². The molecule has 1 aliphatic rings. The number of carbonyl (C=O) groups excluding carboxylic acids is 2. The lowest BCUT2D eigenvalue weighted by Crippen LogP contribution is -2.33. The highest BCUT2D eigenvalue weighted by Gasteiger charge is 2.31. The van der Waals surface area contributed by atoms with Crippen molar-refractivity contribution < 1.29 is 14.7 Å². The van der Waals surface area contributed by atoms with E-state index in [1.54, 1.807) is 21.1 Å². The molecule has 26 heavy (non-hydrogen) atoms. The molecule has 142 valence electrons. The summed E-state index contributed by atoms with van der Waals surface area (Å²) in [5.74, 6) is 0.0515. The predicted molar refractivity (Wildman–Crippen MR) is 112 cm³/mol. The molecular formula is C18H24N2O3S3. The molecule has 5 nitrogen and oxygen atoms in total. The molecule has 1 fully saturated rings. The molecule has 8 heteroatoms. The topological polar surface area (TPSA) is 60.9 Å². The monoisotopic (exact) mass is 412 g/mol. The lowest BCUT2D eigenvalue weighted by atomic mass is 10.1. The first kappa shape index (κ1) is 21.1. The average Bonchev–Trinajstić information content (AvgIpc) is 3.22. The van der Waals surface area contributed by atoms with Crippen LogP contribution < -0.4 is 0 Å². The fraction of sp³-hybridized carbons (Fsp3) is 0.500. The van der Waals surface area contributed by atoms with Gasteiger partial charge in [0.25, 0.3) is 5.91 Å². The largest absolute Gasteiger partial charge is 0.395 e. The summed E-state index contributed by atoms with van der Waals surface area (Å²) in [5, 5.41) is 10.9. The Morgan fingerprint density at radius 1 is 1.38 bits per heavy atom. The number of hydrogen-bond acceptors (Lipinski definition) is 6. The second-order valence-electron chi connectivity index (χ2n) is 5.86. The van der Waals surface area contributed by atoms with Crippen molar-refractivity contribution in [2.24, 2.45) is 0 Å². The molecule has 2 amide bonds. The van der Waals surface area contributed by atoms with Gasteiger partial charge in [0.2, 0.25) is 5.91 Å². The molecular weight excluding hydrogens is 388 g/mol. The van der Waals surface area contributed by atoms with E-state index < -0.39 is 0 Å². The highest BCUT2D eigenvalue weighted by Crippen LogP contribution is 2.33. The number of thioether (sulfide) groups is 1. The highest BCUT2D eigenvalue weighted by molar-refractivity contribution is 8.26. The first-order valence-electron chi connectivity index (χ1n) is 8.74. The van der Waals surface area contributed by atoms with Crippen molar-refractivity contribution >= 4 is 57.5 Å². The Kier molecular flexibility index (Phi) is 8.77. The smallest absolute Gasteiger partial charge is 0.266 e. The number of unbranched alkanes of at least 4 members (excludes halogenated alkanes) is 2. The van der Waals surface area contributed by atoms with Gasteiger partial charge in [0.15, 0.2) is 0 Å². The SMILES string of the molecule is CCN(CCO)C(=O)CCCCCN1C(=O)C(=Cc2cccs2)SC1=S. The van der Waals surface area contributed by atoms with Gasteiger partial charge in [-0.15, -0.1) is 11.3 Å². The number of aliphatic hydroxyl groups is 1. The van der Waals surface area contributed by atoms with Crippen LogP contribution in [0, 0.1) is 0 Å². The summed E-state index contributed by atoms with van der Waals surface area (Å²) in [6.07, 6.45) is 4.83. The van der Waals surface area contributed by atoms with E-state index in [9.17, 15) is 9.59 Å². The van der Waals surface area contributed by atoms with Gasteiger partial charge in [-0.2, -0.15) is 0 Å². The second-order valence-corrected chi connectivity index (χ2v) is 8.51. The molecule has 1 N–H and O–H groups in total. The minimum atomic E-state index is -0.0235. The summed E-state index contributed by atoms with van der Waals surface area (Å²) in [5.41, 5.74) is 0. The molecule has 1 aliphatic heterocycles. The van der Waals surface area contributed by atoms with Crippen molar-refractivity contribution in [2.75, 3.05) is 26.2 Å². The second kappa shape index (κ2) is 10.8. The molecule has 0 unspecified atom stereocenters. The Morgan fingerprint density at radius 3 is 2.85 bits per heavy atom. The van der Waals surface area contributed by atoms with E-state index in [0.29, 0.717) is 35.3 Å². The summed E-state index contributed by atoms with van der Waals surface area (Å²) < 4.78 is 0.606. The van der Waals surface area contributed by atoms with Gasteiger partial charge < -0.3 is 10.0 Å². The molecule has 0 aromatic carbocycles. The van der Waals surface area contributed by atoms with Crippen LogP contribution in [-0.4, -0.2) is 57.3 Å². The van der Waals surface area contributed by atoms with Crippen LogP contribution in [0.15, 0.2) is 22.4 Å². The molecule has 2 rings (SSSR count). The van der Waals surface area contributed by atoms with Gasteiger partial charge in [0, 0.05) is 30.9 Å². The average molecular weight is 413 g/mol. The van der Waals surface area contributed by atoms with E-state index in [0.717, 1.165) is 24.1 Å². The number of thiocarbonyl (C=S) groups is 1. The zero-order chi connectivity index (χ0) is 18.9. The Hall–Kier alpha value is -1.22. The number of likely N-dealkylation sites (N-methyl/N-ethyl adjacent to an activating group) is 1. The van der Waals surface area contributed by atoms with Crippen LogP contribution >= 0.6 is 35.3 Å². The van der Waals surface area contributed by atoms with Crippen LogP contribution in [0.2, 0.25) is 0 Å². The molecule has 1 saturated heterocycles. The Labute approximate surface area is 168 Å². The minimum Gasteiger partial charge on any atom is -0.395 e. The van der Waals surface area contributed by atoms with E-state index in [4.69, 9.17) is 17.3 Å². The van der Waals surface area contributed by atoms with Gasteiger partial charge in [0.1, 0.15) is 4.32 Å². The molecule has 0 radical (unpaired) electrons. The molecule has 1 aromatic rings. The van der Waals surface area contributed by atoms with Crippen molar-refractivity contribution in [1.82, 2.24) is 9.80 Å². The lowest BCUT2D eigenvalue weighted by Gasteiger charge is -2.19. The third-order valence-electron chi connectivity index (χ3n) is 4.07. The standard InChI is InChI=1S/C18H24N2O3S3/c1-2-19(10-11-21)16(22)8-4-3-5-9-20-17(23)15(26-18(20)24)13-14-7-6-12-25-14/h6-7,12-13,21H,2-5,8-11H2,1H3. The lowest BCUT2D eigenvalue weighted by molar-refractivity contribution is -0.131. The maximum absolute atomic E-state index is 12.5.